The number of halogens is 2. The van der Waals surface area contributed by atoms with Crippen LogP contribution in [0.4, 0.5) is 4.39 Å². The van der Waals surface area contributed by atoms with Gasteiger partial charge >= 0.3 is 5.97 Å². The van der Waals surface area contributed by atoms with Crippen molar-refractivity contribution in [3.05, 3.63) is 41.1 Å². The van der Waals surface area contributed by atoms with Crippen molar-refractivity contribution in [2.45, 2.75) is 0 Å². The molecule has 0 bridgehead atoms. The predicted molar refractivity (Wildman–Crippen MR) is 60.6 cm³/mol. The molecule has 1 N–H and O–H groups in total. The number of carbonyl (C=O) groups is 1. The van der Waals surface area contributed by atoms with Crippen molar-refractivity contribution in [1.29, 1.82) is 0 Å². The first kappa shape index (κ1) is 11.6. The van der Waals surface area contributed by atoms with Gasteiger partial charge in [0.05, 0.1) is 17.0 Å². The van der Waals surface area contributed by atoms with Gasteiger partial charge in [0.2, 0.25) is 0 Å². The van der Waals surface area contributed by atoms with E-state index < -0.39 is 11.8 Å². The van der Waals surface area contributed by atoms with Crippen LogP contribution in [0.3, 0.4) is 0 Å². The molecule has 0 aliphatic carbocycles. The van der Waals surface area contributed by atoms with Gasteiger partial charge in [0.1, 0.15) is 5.82 Å². The second-order valence-corrected chi connectivity index (χ2v) is 3.89. The van der Waals surface area contributed by atoms with Gasteiger partial charge in [-0.3, -0.25) is 0 Å². The predicted octanol–water partition coefficient (Wildman–Crippen LogP) is 2.58. The quantitative estimate of drug-likeness (QED) is 0.896. The Bertz CT molecular complexity index is 595. The van der Waals surface area contributed by atoms with E-state index in [1.165, 1.54) is 24.5 Å². The van der Waals surface area contributed by atoms with Crippen molar-refractivity contribution < 1.29 is 14.3 Å². The summed E-state index contributed by atoms with van der Waals surface area (Å²) in [6.45, 7) is 0. The lowest BCUT2D eigenvalue weighted by Gasteiger charge is -2.05. The first-order chi connectivity index (χ1) is 8.00. The first-order valence-electron chi connectivity index (χ1n) is 4.70. The number of aromatic nitrogens is 2. The number of aryl methyl sites for hydroxylation is 1. The van der Waals surface area contributed by atoms with Crippen LogP contribution in [0.2, 0.25) is 5.02 Å². The summed E-state index contributed by atoms with van der Waals surface area (Å²) in [5.74, 6) is -1.68. The van der Waals surface area contributed by atoms with Crippen LogP contribution in [0.1, 0.15) is 10.5 Å². The first-order valence-corrected chi connectivity index (χ1v) is 5.08. The Morgan fingerprint density at radius 2 is 2.24 bits per heavy atom. The summed E-state index contributed by atoms with van der Waals surface area (Å²) in [5, 5.41) is 8.93. The molecule has 0 aliphatic rings. The molecule has 0 atom stereocenters. The van der Waals surface area contributed by atoms with Gasteiger partial charge in [-0.2, -0.15) is 0 Å². The zero-order valence-corrected chi connectivity index (χ0v) is 9.57. The van der Waals surface area contributed by atoms with E-state index in [-0.39, 0.29) is 10.7 Å². The van der Waals surface area contributed by atoms with Crippen molar-refractivity contribution >= 4 is 17.6 Å². The molecule has 0 aliphatic heterocycles. The van der Waals surface area contributed by atoms with Gasteiger partial charge in [-0.1, -0.05) is 11.6 Å². The van der Waals surface area contributed by atoms with E-state index in [0.717, 1.165) is 0 Å². The lowest BCUT2D eigenvalue weighted by atomic mass is 10.1. The van der Waals surface area contributed by atoms with Gasteiger partial charge < -0.3 is 9.67 Å². The molecule has 6 heteroatoms. The molecule has 1 heterocycles. The SMILES string of the molecule is Cn1cnc(C(=O)O)c1-c1ccc(F)c(Cl)c1. The molecule has 2 aromatic rings. The second kappa shape index (κ2) is 4.18. The van der Waals surface area contributed by atoms with Crippen LogP contribution < -0.4 is 0 Å². The Morgan fingerprint density at radius 3 is 2.82 bits per heavy atom. The molecule has 4 nitrogen and oxygen atoms in total. The fourth-order valence-electron chi connectivity index (χ4n) is 1.57. The van der Waals surface area contributed by atoms with E-state index >= 15 is 0 Å². The number of imidazole rings is 1. The van der Waals surface area contributed by atoms with Crippen molar-refractivity contribution in [3.63, 3.8) is 0 Å². The van der Waals surface area contributed by atoms with Crippen LogP contribution in [0.15, 0.2) is 24.5 Å². The van der Waals surface area contributed by atoms with Gasteiger partial charge in [-0.25, -0.2) is 14.2 Å². The van der Waals surface area contributed by atoms with Crippen LogP contribution in [0.5, 0.6) is 0 Å². The summed E-state index contributed by atoms with van der Waals surface area (Å²) >= 11 is 5.66. The number of rotatable bonds is 2. The van der Waals surface area contributed by atoms with Crippen LogP contribution in [-0.2, 0) is 7.05 Å². The highest BCUT2D eigenvalue weighted by Gasteiger charge is 2.17. The molecule has 0 saturated heterocycles. The number of aromatic carboxylic acids is 1. The summed E-state index contributed by atoms with van der Waals surface area (Å²) in [6, 6.07) is 4.03. The number of nitrogens with zero attached hydrogens (tertiary/aromatic N) is 2. The minimum atomic E-state index is -1.14. The average molecular weight is 255 g/mol. The molecule has 17 heavy (non-hydrogen) atoms. The average Bonchev–Trinajstić information content (AvgIpc) is 2.64. The molecule has 2 rings (SSSR count). The van der Waals surface area contributed by atoms with Gasteiger partial charge in [0.15, 0.2) is 5.69 Å². The van der Waals surface area contributed by atoms with Gasteiger partial charge in [0.25, 0.3) is 0 Å². The molecule has 1 aromatic carbocycles. The summed E-state index contributed by atoms with van der Waals surface area (Å²) in [6.07, 6.45) is 1.38. The zero-order valence-electron chi connectivity index (χ0n) is 8.82. The molecule has 0 saturated carbocycles. The molecular formula is C11H8ClFN2O2. The van der Waals surface area contributed by atoms with Crippen LogP contribution >= 0.6 is 11.6 Å². The number of carboxylic acids is 1. The third kappa shape index (κ3) is 2.01. The molecule has 0 fully saturated rings. The fourth-order valence-corrected chi connectivity index (χ4v) is 1.75. The molecular weight excluding hydrogens is 247 g/mol. The minimum Gasteiger partial charge on any atom is -0.476 e. The summed E-state index contributed by atoms with van der Waals surface area (Å²) in [4.78, 5) is 14.7. The van der Waals surface area contributed by atoms with Gasteiger partial charge in [-0.05, 0) is 18.2 Å². The Hall–Kier alpha value is -1.88. The highest BCUT2D eigenvalue weighted by molar-refractivity contribution is 6.31. The highest BCUT2D eigenvalue weighted by atomic mass is 35.5. The van der Waals surface area contributed by atoms with E-state index in [0.29, 0.717) is 11.3 Å². The van der Waals surface area contributed by atoms with Gasteiger partial charge in [-0.15, -0.1) is 0 Å². The third-order valence-corrected chi connectivity index (χ3v) is 2.62. The summed E-state index contributed by atoms with van der Waals surface area (Å²) in [7, 11) is 1.66. The van der Waals surface area contributed by atoms with Crippen molar-refractivity contribution in [2.24, 2.45) is 7.05 Å². The van der Waals surface area contributed by atoms with Crippen molar-refractivity contribution in [1.82, 2.24) is 9.55 Å². The number of carboxylic acid groups (broad SMARTS) is 1. The maximum absolute atomic E-state index is 13.0. The third-order valence-electron chi connectivity index (χ3n) is 2.33. The summed E-state index contributed by atoms with van der Waals surface area (Å²) < 4.78 is 14.6. The standard InChI is InChI=1S/C11H8ClFN2O2/c1-15-5-14-9(11(16)17)10(15)6-2-3-8(13)7(12)4-6/h2-5H,1H3,(H,16,17). The Labute approximate surface area is 101 Å². The fraction of sp³-hybridized carbons (Fsp3) is 0.0909. The smallest absolute Gasteiger partial charge is 0.356 e. The van der Waals surface area contributed by atoms with Crippen molar-refractivity contribution in [2.75, 3.05) is 0 Å². The highest BCUT2D eigenvalue weighted by Crippen LogP contribution is 2.26. The second-order valence-electron chi connectivity index (χ2n) is 3.49. The number of hydrogen-bond donors (Lipinski definition) is 1. The normalized spacial score (nSPS) is 10.5. The van der Waals surface area contributed by atoms with E-state index in [1.807, 2.05) is 0 Å². The lowest BCUT2D eigenvalue weighted by Crippen LogP contribution is -2.01. The maximum atomic E-state index is 13.0. The molecule has 0 radical (unpaired) electrons. The maximum Gasteiger partial charge on any atom is 0.356 e. The van der Waals surface area contributed by atoms with E-state index in [2.05, 4.69) is 4.98 Å². The van der Waals surface area contributed by atoms with Crippen molar-refractivity contribution in [3.8, 4) is 11.3 Å². The number of benzene rings is 1. The molecule has 0 unspecified atom stereocenters. The Balaban J connectivity index is 2.63. The molecule has 1 aromatic heterocycles. The largest absolute Gasteiger partial charge is 0.476 e. The summed E-state index contributed by atoms with van der Waals surface area (Å²) in [5.41, 5.74) is 0.809. The van der Waals surface area contributed by atoms with E-state index in [4.69, 9.17) is 16.7 Å². The van der Waals surface area contributed by atoms with E-state index in [9.17, 15) is 9.18 Å². The van der Waals surface area contributed by atoms with Gasteiger partial charge in [0, 0.05) is 12.6 Å². The lowest BCUT2D eigenvalue weighted by molar-refractivity contribution is 0.0692. The molecule has 0 amide bonds. The Morgan fingerprint density at radius 1 is 1.53 bits per heavy atom. The van der Waals surface area contributed by atoms with Crippen LogP contribution in [-0.4, -0.2) is 20.6 Å². The molecule has 0 spiro atoms. The minimum absolute atomic E-state index is 0.0555. The Kier molecular flexibility index (Phi) is 2.85. The van der Waals surface area contributed by atoms with Crippen LogP contribution in [0, 0.1) is 5.82 Å². The number of hydrogen-bond acceptors (Lipinski definition) is 2. The topological polar surface area (TPSA) is 55.1 Å². The molecule has 88 valence electrons. The monoisotopic (exact) mass is 254 g/mol. The zero-order chi connectivity index (χ0) is 12.6. The van der Waals surface area contributed by atoms with Crippen LogP contribution in [0.25, 0.3) is 11.3 Å². The van der Waals surface area contributed by atoms with E-state index in [1.54, 1.807) is 11.6 Å².